The van der Waals surface area contributed by atoms with Crippen molar-refractivity contribution in [2.45, 2.75) is 37.7 Å². The Bertz CT molecular complexity index is 778. The molecule has 0 unspecified atom stereocenters. The Morgan fingerprint density at radius 3 is 2.70 bits per heavy atom. The van der Waals surface area contributed by atoms with Crippen LogP contribution in [0.3, 0.4) is 0 Å². The molecular formula is C19H23ClN4O3. The SMILES string of the molecule is O=C(Nc1cccc(Cl)c1)C1=NO[C@]2(CCCN(C(=O)N3CCCC3)C2)C1. The number of nitrogens with one attached hydrogen (secondary N) is 1. The van der Waals surface area contributed by atoms with E-state index in [0.717, 1.165) is 45.3 Å². The van der Waals surface area contributed by atoms with Crippen molar-refractivity contribution in [2.24, 2.45) is 5.16 Å². The molecule has 3 aliphatic heterocycles. The molecule has 27 heavy (non-hydrogen) atoms. The Morgan fingerprint density at radius 2 is 1.93 bits per heavy atom. The summed E-state index contributed by atoms with van der Waals surface area (Å²) in [7, 11) is 0. The van der Waals surface area contributed by atoms with Gasteiger partial charge in [-0.05, 0) is 43.9 Å². The number of anilines is 1. The van der Waals surface area contributed by atoms with Gasteiger partial charge in [0, 0.05) is 36.8 Å². The number of carbonyl (C=O) groups is 2. The van der Waals surface area contributed by atoms with Gasteiger partial charge >= 0.3 is 6.03 Å². The molecule has 0 radical (unpaired) electrons. The molecule has 4 rings (SSSR count). The zero-order valence-electron chi connectivity index (χ0n) is 15.1. The lowest BCUT2D eigenvalue weighted by Gasteiger charge is -2.39. The predicted octanol–water partition coefficient (Wildman–Crippen LogP) is 3.11. The van der Waals surface area contributed by atoms with Crippen molar-refractivity contribution in [3.05, 3.63) is 29.3 Å². The number of urea groups is 1. The molecule has 3 amide bonds. The first-order valence-electron chi connectivity index (χ1n) is 9.41. The monoisotopic (exact) mass is 390 g/mol. The summed E-state index contributed by atoms with van der Waals surface area (Å²) in [6, 6.07) is 7.05. The quantitative estimate of drug-likeness (QED) is 0.843. The van der Waals surface area contributed by atoms with Gasteiger partial charge in [-0.3, -0.25) is 4.79 Å². The Morgan fingerprint density at radius 1 is 1.15 bits per heavy atom. The van der Waals surface area contributed by atoms with Gasteiger partial charge in [0.25, 0.3) is 5.91 Å². The summed E-state index contributed by atoms with van der Waals surface area (Å²) in [4.78, 5) is 34.7. The van der Waals surface area contributed by atoms with Gasteiger partial charge in [-0.15, -0.1) is 0 Å². The molecule has 0 bridgehead atoms. The highest BCUT2D eigenvalue weighted by atomic mass is 35.5. The minimum absolute atomic E-state index is 0.0759. The second kappa shape index (κ2) is 7.38. The highest BCUT2D eigenvalue weighted by Crippen LogP contribution is 2.34. The van der Waals surface area contributed by atoms with Crippen LogP contribution in [0.15, 0.2) is 29.4 Å². The van der Waals surface area contributed by atoms with E-state index in [-0.39, 0.29) is 11.9 Å². The third kappa shape index (κ3) is 3.88. The molecule has 0 saturated carbocycles. The fourth-order valence-electron chi connectivity index (χ4n) is 4.00. The molecule has 144 valence electrons. The molecule has 1 atom stereocenters. The van der Waals surface area contributed by atoms with E-state index in [1.54, 1.807) is 24.3 Å². The van der Waals surface area contributed by atoms with Crippen LogP contribution in [-0.2, 0) is 9.63 Å². The van der Waals surface area contributed by atoms with Crippen LogP contribution in [0.1, 0.15) is 32.1 Å². The molecule has 1 N–H and O–H groups in total. The van der Waals surface area contributed by atoms with Gasteiger partial charge in [0.15, 0.2) is 5.60 Å². The Hall–Kier alpha value is -2.28. The average Bonchev–Trinajstić information content (AvgIpc) is 3.32. The van der Waals surface area contributed by atoms with Crippen LogP contribution < -0.4 is 5.32 Å². The lowest BCUT2D eigenvalue weighted by Crippen LogP contribution is -2.53. The number of carbonyl (C=O) groups excluding carboxylic acids is 2. The molecule has 3 aliphatic rings. The number of nitrogens with zero attached hydrogens (tertiary/aromatic N) is 3. The van der Waals surface area contributed by atoms with Crippen molar-refractivity contribution >= 4 is 34.9 Å². The van der Waals surface area contributed by atoms with E-state index in [4.69, 9.17) is 16.4 Å². The number of piperidine rings is 1. The Labute approximate surface area is 163 Å². The van der Waals surface area contributed by atoms with Crippen LogP contribution in [0.2, 0.25) is 5.02 Å². The normalized spacial score (nSPS) is 24.7. The maximum atomic E-state index is 12.7. The second-order valence-corrected chi connectivity index (χ2v) is 7.89. The lowest BCUT2D eigenvalue weighted by molar-refractivity contribution is -0.110. The standard InChI is InChI=1S/C19H23ClN4O3/c20-14-5-3-6-15(11-14)21-17(25)16-12-19(27-22-16)7-4-10-24(13-19)18(26)23-8-1-2-9-23/h3,5-6,11H,1-2,4,7-10,12-13H2,(H,21,25)/t19-/m1/s1. The molecule has 2 saturated heterocycles. The number of hydrogen-bond donors (Lipinski definition) is 1. The fraction of sp³-hybridized carbons (Fsp3) is 0.526. The maximum absolute atomic E-state index is 12.7. The summed E-state index contributed by atoms with van der Waals surface area (Å²) in [5.74, 6) is -0.294. The van der Waals surface area contributed by atoms with E-state index in [1.165, 1.54) is 0 Å². The van der Waals surface area contributed by atoms with Crippen molar-refractivity contribution in [3.63, 3.8) is 0 Å². The summed E-state index contributed by atoms with van der Waals surface area (Å²) in [6.07, 6.45) is 4.17. The third-order valence-electron chi connectivity index (χ3n) is 5.37. The maximum Gasteiger partial charge on any atom is 0.320 e. The van der Waals surface area contributed by atoms with Crippen LogP contribution >= 0.6 is 11.6 Å². The predicted molar refractivity (Wildman–Crippen MR) is 103 cm³/mol. The highest BCUT2D eigenvalue weighted by molar-refractivity contribution is 6.43. The van der Waals surface area contributed by atoms with Gasteiger partial charge in [0.05, 0.1) is 6.54 Å². The molecule has 0 aliphatic carbocycles. The third-order valence-corrected chi connectivity index (χ3v) is 5.61. The van der Waals surface area contributed by atoms with E-state index in [1.807, 2.05) is 9.80 Å². The minimum Gasteiger partial charge on any atom is -0.386 e. The van der Waals surface area contributed by atoms with Crippen LogP contribution in [0.25, 0.3) is 0 Å². The summed E-state index contributed by atoms with van der Waals surface area (Å²) >= 11 is 5.96. The number of rotatable bonds is 2. The number of benzene rings is 1. The van der Waals surface area contributed by atoms with Crippen LogP contribution in [0.5, 0.6) is 0 Å². The number of oxime groups is 1. The van der Waals surface area contributed by atoms with Crippen molar-refractivity contribution in [1.82, 2.24) is 9.80 Å². The number of hydrogen-bond acceptors (Lipinski definition) is 4. The summed E-state index contributed by atoms with van der Waals surface area (Å²) in [5.41, 5.74) is 0.380. The largest absolute Gasteiger partial charge is 0.386 e. The molecule has 8 heteroatoms. The van der Waals surface area contributed by atoms with Crippen molar-refractivity contribution < 1.29 is 14.4 Å². The minimum atomic E-state index is -0.589. The molecule has 1 spiro atoms. The second-order valence-electron chi connectivity index (χ2n) is 7.46. The first-order valence-corrected chi connectivity index (χ1v) is 9.78. The summed E-state index contributed by atoms with van der Waals surface area (Å²) in [6.45, 7) is 2.85. The highest BCUT2D eigenvalue weighted by Gasteiger charge is 2.46. The summed E-state index contributed by atoms with van der Waals surface area (Å²) < 4.78 is 0. The molecule has 1 aromatic rings. The van der Waals surface area contributed by atoms with Gasteiger partial charge in [0.1, 0.15) is 5.71 Å². The molecule has 7 nitrogen and oxygen atoms in total. The van der Waals surface area contributed by atoms with Gasteiger partial charge in [-0.2, -0.15) is 0 Å². The Balaban J connectivity index is 1.38. The van der Waals surface area contributed by atoms with Gasteiger partial charge in [-0.25, -0.2) is 4.79 Å². The van der Waals surface area contributed by atoms with Crippen LogP contribution in [0.4, 0.5) is 10.5 Å². The first kappa shape index (κ1) is 18.1. The zero-order valence-corrected chi connectivity index (χ0v) is 15.9. The van der Waals surface area contributed by atoms with Crippen LogP contribution in [-0.4, -0.2) is 59.2 Å². The molecule has 2 fully saturated rings. The van der Waals surface area contributed by atoms with Crippen molar-refractivity contribution in [2.75, 3.05) is 31.5 Å². The van der Waals surface area contributed by atoms with Gasteiger partial charge in [0.2, 0.25) is 0 Å². The van der Waals surface area contributed by atoms with E-state index < -0.39 is 5.60 Å². The summed E-state index contributed by atoms with van der Waals surface area (Å²) in [5, 5.41) is 7.40. The smallest absolute Gasteiger partial charge is 0.320 e. The Kier molecular flexibility index (Phi) is 4.95. The number of amides is 3. The van der Waals surface area contributed by atoms with Gasteiger partial charge in [-0.1, -0.05) is 22.8 Å². The van der Waals surface area contributed by atoms with E-state index in [0.29, 0.717) is 29.4 Å². The molecular weight excluding hydrogens is 368 g/mol. The first-order chi connectivity index (χ1) is 13.0. The number of likely N-dealkylation sites (tertiary alicyclic amines) is 2. The molecule has 3 heterocycles. The topological polar surface area (TPSA) is 74.2 Å². The average molecular weight is 391 g/mol. The van der Waals surface area contributed by atoms with E-state index >= 15 is 0 Å². The van der Waals surface area contributed by atoms with Gasteiger partial charge < -0.3 is 20.0 Å². The molecule has 1 aromatic carbocycles. The van der Waals surface area contributed by atoms with Crippen molar-refractivity contribution in [1.29, 1.82) is 0 Å². The van der Waals surface area contributed by atoms with Crippen molar-refractivity contribution in [3.8, 4) is 0 Å². The van der Waals surface area contributed by atoms with E-state index in [9.17, 15) is 9.59 Å². The van der Waals surface area contributed by atoms with Crippen LogP contribution in [0, 0.1) is 0 Å². The lowest BCUT2D eigenvalue weighted by atomic mass is 9.88. The molecule has 0 aromatic heterocycles. The zero-order chi connectivity index (χ0) is 18.9. The number of halogens is 1. The fourth-order valence-corrected chi connectivity index (χ4v) is 4.19. The van der Waals surface area contributed by atoms with E-state index in [2.05, 4.69) is 10.5 Å².